The smallest absolute Gasteiger partial charge is 0.272 e. The number of piperidine rings is 1. The van der Waals surface area contributed by atoms with Gasteiger partial charge in [0.15, 0.2) is 0 Å². The van der Waals surface area contributed by atoms with E-state index in [1.165, 1.54) is 0 Å². The Bertz CT molecular complexity index is 766. The van der Waals surface area contributed by atoms with Gasteiger partial charge in [-0.25, -0.2) is 9.97 Å². The largest absolute Gasteiger partial charge is 0.341 e. The molecule has 0 radical (unpaired) electrons. The van der Waals surface area contributed by atoms with E-state index in [1.807, 2.05) is 31.0 Å². The topological polar surface area (TPSA) is 67.2 Å². The van der Waals surface area contributed by atoms with Crippen LogP contribution in [0.25, 0.3) is 0 Å². The summed E-state index contributed by atoms with van der Waals surface area (Å²) >= 11 is 0. The van der Waals surface area contributed by atoms with Crippen molar-refractivity contribution in [3.63, 3.8) is 0 Å². The highest BCUT2D eigenvalue weighted by Crippen LogP contribution is 2.33. The Hall–Kier alpha value is -2.44. The zero-order valence-electron chi connectivity index (χ0n) is 15.5. The number of hydrogen-bond donors (Lipinski definition) is 0. The zero-order valence-corrected chi connectivity index (χ0v) is 15.5. The van der Waals surface area contributed by atoms with Crippen LogP contribution in [-0.4, -0.2) is 56.7 Å². The van der Waals surface area contributed by atoms with Gasteiger partial charge in [0.2, 0.25) is 5.95 Å². The van der Waals surface area contributed by atoms with E-state index < -0.39 is 0 Å². The van der Waals surface area contributed by atoms with Gasteiger partial charge in [-0.3, -0.25) is 9.48 Å². The van der Waals surface area contributed by atoms with Gasteiger partial charge >= 0.3 is 0 Å². The molecule has 2 aromatic rings. The molecule has 0 aliphatic carbocycles. The maximum Gasteiger partial charge on any atom is 0.272 e. The molecule has 1 unspecified atom stereocenters. The fourth-order valence-electron chi connectivity index (χ4n) is 4.35. The third kappa shape index (κ3) is 3.30. The number of rotatable bonds is 3. The van der Waals surface area contributed by atoms with Gasteiger partial charge in [-0.15, -0.1) is 0 Å². The first-order valence-electron chi connectivity index (χ1n) is 9.43. The molecule has 1 atom stereocenters. The first kappa shape index (κ1) is 17.0. The lowest BCUT2D eigenvalue weighted by Crippen LogP contribution is -2.38. The summed E-state index contributed by atoms with van der Waals surface area (Å²) in [6.45, 7) is 5.65. The van der Waals surface area contributed by atoms with E-state index in [4.69, 9.17) is 0 Å². The SMILES string of the molecule is Cc1cc(C(=O)N2CCC(C3CCN(c4ncccn4)CC3)C2)n(C)n1. The van der Waals surface area contributed by atoms with Crippen LogP contribution in [0.2, 0.25) is 0 Å². The molecule has 1 amide bonds. The highest BCUT2D eigenvalue weighted by atomic mass is 16.2. The molecule has 4 heterocycles. The molecule has 2 aliphatic heterocycles. The Morgan fingerprint density at radius 1 is 1.08 bits per heavy atom. The van der Waals surface area contributed by atoms with Gasteiger partial charge in [0.25, 0.3) is 5.91 Å². The van der Waals surface area contributed by atoms with Gasteiger partial charge in [-0.2, -0.15) is 5.10 Å². The lowest BCUT2D eigenvalue weighted by Gasteiger charge is -2.34. The van der Waals surface area contributed by atoms with Crippen molar-refractivity contribution in [2.75, 3.05) is 31.1 Å². The number of anilines is 1. The third-order valence-corrected chi connectivity index (χ3v) is 5.77. The van der Waals surface area contributed by atoms with Gasteiger partial charge in [0, 0.05) is 45.6 Å². The summed E-state index contributed by atoms with van der Waals surface area (Å²) in [7, 11) is 1.84. The van der Waals surface area contributed by atoms with Crippen LogP contribution in [0.15, 0.2) is 24.5 Å². The minimum Gasteiger partial charge on any atom is -0.341 e. The predicted molar refractivity (Wildman–Crippen MR) is 98.9 cm³/mol. The maximum atomic E-state index is 12.8. The number of carbonyl (C=O) groups is 1. The number of amides is 1. The van der Waals surface area contributed by atoms with Crippen LogP contribution in [0.1, 0.15) is 35.4 Å². The fourth-order valence-corrected chi connectivity index (χ4v) is 4.35. The van der Waals surface area contributed by atoms with Gasteiger partial charge < -0.3 is 9.80 Å². The van der Waals surface area contributed by atoms with Crippen molar-refractivity contribution in [1.82, 2.24) is 24.6 Å². The van der Waals surface area contributed by atoms with E-state index in [-0.39, 0.29) is 5.91 Å². The Balaban J connectivity index is 1.33. The molecule has 2 aliphatic rings. The molecule has 0 aromatic carbocycles. The Morgan fingerprint density at radius 3 is 2.42 bits per heavy atom. The molecular formula is C19H26N6O. The number of aromatic nitrogens is 4. The van der Waals surface area contributed by atoms with E-state index >= 15 is 0 Å². The predicted octanol–water partition coefficient (Wildman–Crippen LogP) is 1.90. The van der Waals surface area contributed by atoms with E-state index in [0.29, 0.717) is 17.5 Å². The standard InChI is InChI=1S/C19H26N6O/c1-14-12-17(23(2)22-14)18(26)25-11-6-16(13-25)15-4-9-24(10-5-15)19-20-7-3-8-21-19/h3,7-8,12,15-16H,4-6,9-11,13H2,1-2H3. The van der Waals surface area contributed by atoms with E-state index in [1.54, 1.807) is 17.1 Å². The number of hydrogen-bond acceptors (Lipinski definition) is 5. The summed E-state index contributed by atoms with van der Waals surface area (Å²) in [6.07, 6.45) is 7.00. The minimum absolute atomic E-state index is 0.116. The molecule has 0 bridgehead atoms. The molecule has 2 saturated heterocycles. The second kappa shape index (κ2) is 7.05. The summed E-state index contributed by atoms with van der Waals surface area (Å²) in [5, 5.41) is 4.30. The zero-order chi connectivity index (χ0) is 18.1. The molecule has 2 aromatic heterocycles. The van der Waals surface area contributed by atoms with Crippen molar-refractivity contribution < 1.29 is 4.79 Å². The number of carbonyl (C=O) groups excluding carboxylic acids is 1. The molecule has 0 spiro atoms. The second-order valence-corrected chi connectivity index (χ2v) is 7.47. The monoisotopic (exact) mass is 354 g/mol. The molecule has 7 nitrogen and oxygen atoms in total. The first-order valence-corrected chi connectivity index (χ1v) is 9.43. The Morgan fingerprint density at radius 2 is 1.77 bits per heavy atom. The molecule has 0 N–H and O–H groups in total. The van der Waals surface area contributed by atoms with Gasteiger partial charge in [-0.1, -0.05) is 0 Å². The lowest BCUT2D eigenvalue weighted by molar-refractivity contribution is 0.0770. The minimum atomic E-state index is 0.116. The quantitative estimate of drug-likeness (QED) is 0.842. The highest BCUT2D eigenvalue weighted by molar-refractivity contribution is 5.92. The molecule has 4 rings (SSSR count). The molecule has 26 heavy (non-hydrogen) atoms. The van der Waals surface area contributed by atoms with Crippen molar-refractivity contribution >= 4 is 11.9 Å². The van der Waals surface area contributed by atoms with Gasteiger partial charge in [0.1, 0.15) is 5.69 Å². The second-order valence-electron chi connectivity index (χ2n) is 7.47. The number of nitrogens with zero attached hydrogens (tertiary/aromatic N) is 6. The van der Waals surface area contributed by atoms with E-state index in [2.05, 4.69) is 20.0 Å². The molecule has 2 fully saturated rings. The van der Waals surface area contributed by atoms with Crippen LogP contribution in [-0.2, 0) is 7.05 Å². The summed E-state index contributed by atoms with van der Waals surface area (Å²) in [5.41, 5.74) is 1.58. The summed E-state index contributed by atoms with van der Waals surface area (Å²) in [4.78, 5) is 25.8. The Labute approximate surface area is 154 Å². The van der Waals surface area contributed by atoms with E-state index in [9.17, 15) is 4.79 Å². The summed E-state index contributed by atoms with van der Waals surface area (Å²) < 4.78 is 1.70. The normalized spacial score (nSPS) is 21.4. The average molecular weight is 354 g/mol. The summed E-state index contributed by atoms with van der Waals surface area (Å²) in [6, 6.07) is 3.73. The highest BCUT2D eigenvalue weighted by Gasteiger charge is 2.35. The van der Waals surface area contributed by atoms with Gasteiger partial charge in [-0.05, 0) is 50.2 Å². The molecule has 7 heteroatoms. The Kier molecular flexibility index (Phi) is 4.61. The molecule has 138 valence electrons. The van der Waals surface area contributed by atoms with Crippen LogP contribution in [0.4, 0.5) is 5.95 Å². The van der Waals surface area contributed by atoms with Crippen LogP contribution in [0.5, 0.6) is 0 Å². The molecule has 0 saturated carbocycles. The van der Waals surface area contributed by atoms with Crippen molar-refractivity contribution in [1.29, 1.82) is 0 Å². The lowest BCUT2D eigenvalue weighted by atomic mass is 9.84. The molecular weight excluding hydrogens is 328 g/mol. The third-order valence-electron chi connectivity index (χ3n) is 5.77. The number of aryl methyl sites for hydroxylation is 2. The average Bonchev–Trinajstić information content (AvgIpc) is 3.29. The van der Waals surface area contributed by atoms with Crippen molar-refractivity contribution in [2.24, 2.45) is 18.9 Å². The first-order chi connectivity index (χ1) is 12.6. The van der Waals surface area contributed by atoms with Crippen molar-refractivity contribution in [2.45, 2.75) is 26.2 Å². The van der Waals surface area contributed by atoms with Crippen LogP contribution in [0, 0.1) is 18.8 Å². The van der Waals surface area contributed by atoms with Crippen LogP contribution >= 0.6 is 0 Å². The van der Waals surface area contributed by atoms with Crippen LogP contribution in [0.3, 0.4) is 0 Å². The van der Waals surface area contributed by atoms with Crippen molar-refractivity contribution in [3.05, 3.63) is 35.9 Å². The van der Waals surface area contributed by atoms with Crippen molar-refractivity contribution in [3.8, 4) is 0 Å². The van der Waals surface area contributed by atoms with Crippen LogP contribution < -0.4 is 4.90 Å². The summed E-state index contributed by atoms with van der Waals surface area (Å²) in [5.74, 6) is 2.24. The fraction of sp³-hybridized carbons (Fsp3) is 0.579. The maximum absolute atomic E-state index is 12.8. The number of likely N-dealkylation sites (tertiary alicyclic amines) is 1. The van der Waals surface area contributed by atoms with Gasteiger partial charge in [0.05, 0.1) is 5.69 Å². The van der Waals surface area contributed by atoms with E-state index in [0.717, 1.165) is 57.1 Å².